The summed E-state index contributed by atoms with van der Waals surface area (Å²) < 4.78 is 0. The van der Waals surface area contributed by atoms with Crippen molar-refractivity contribution in [2.45, 2.75) is 38.7 Å². The molecule has 55 valence electrons. The number of hydrogen-bond acceptors (Lipinski definition) is 0. The fraction of sp³-hybridized carbons (Fsp3) is 1.00. The number of hydrogen-bond donors (Lipinski definition) is 0. The van der Waals surface area contributed by atoms with Crippen molar-refractivity contribution in [2.24, 2.45) is 0 Å². The molecule has 0 heterocycles. The molecule has 9 heavy (non-hydrogen) atoms. The van der Waals surface area contributed by atoms with Crippen LogP contribution in [0.25, 0.3) is 0 Å². The molecule has 0 aromatic carbocycles. The highest BCUT2D eigenvalue weighted by Crippen LogP contribution is 2.04. The number of alkyl halides is 1. The molecule has 0 N–H and O–H groups in total. The highest BCUT2D eigenvalue weighted by atomic mass is 35.5. The first kappa shape index (κ1) is 9.25. The highest BCUT2D eigenvalue weighted by molar-refractivity contribution is 6.17. The van der Waals surface area contributed by atoms with Crippen LogP contribution in [0.1, 0.15) is 32.6 Å². The Hall–Kier alpha value is 0.250. The Morgan fingerprint density at radius 1 is 1.44 bits per heavy atom. The predicted octanol–water partition coefficient (Wildman–Crippen LogP) is 2.60. The normalized spacial score (nSPS) is 13.7. The quantitative estimate of drug-likeness (QED) is 0.536. The van der Waals surface area contributed by atoms with E-state index in [0.717, 1.165) is 25.7 Å². The van der Waals surface area contributed by atoms with Crippen LogP contribution in [0, 0.1) is 0 Å². The first-order valence-corrected chi connectivity index (χ1v) is 4.06. The minimum atomic E-state index is -0.367. The summed E-state index contributed by atoms with van der Waals surface area (Å²) in [7, 11) is 0. The van der Waals surface area contributed by atoms with E-state index in [9.17, 15) is 5.11 Å². The molecular formula is C7H14ClO. The zero-order valence-electron chi connectivity index (χ0n) is 5.90. The summed E-state index contributed by atoms with van der Waals surface area (Å²) in [5, 5.41) is 10.8. The third kappa shape index (κ3) is 6.13. The molecule has 0 amide bonds. The summed E-state index contributed by atoms with van der Waals surface area (Å²) in [6.45, 7) is 2.03. The van der Waals surface area contributed by atoms with Gasteiger partial charge in [0.05, 0.1) is 6.10 Å². The van der Waals surface area contributed by atoms with E-state index < -0.39 is 0 Å². The monoisotopic (exact) mass is 149 g/mol. The lowest BCUT2D eigenvalue weighted by Gasteiger charge is -2.02. The van der Waals surface area contributed by atoms with E-state index in [1.54, 1.807) is 0 Å². The molecule has 0 saturated carbocycles. The third-order valence-electron chi connectivity index (χ3n) is 1.27. The Morgan fingerprint density at radius 3 is 2.56 bits per heavy atom. The molecule has 0 spiro atoms. The molecule has 0 saturated heterocycles. The average molecular weight is 150 g/mol. The molecule has 0 aliphatic carbocycles. The van der Waals surface area contributed by atoms with Crippen LogP contribution in [0.15, 0.2) is 0 Å². The molecule has 0 fully saturated rings. The topological polar surface area (TPSA) is 19.9 Å². The Morgan fingerprint density at radius 2 is 2.11 bits per heavy atom. The van der Waals surface area contributed by atoms with Gasteiger partial charge in [0.1, 0.15) is 0 Å². The van der Waals surface area contributed by atoms with E-state index in [1.165, 1.54) is 0 Å². The van der Waals surface area contributed by atoms with Crippen LogP contribution in [0.4, 0.5) is 0 Å². The van der Waals surface area contributed by atoms with Crippen molar-refractivity contribution >= 4 is 11.6 Å². The molecule has 0 aromatic heterocycles. The molecule has 0 bridgehead atoms. The van der Waals surface area contributed by atoms with E-state index in [0.29, 0.717) is 5.88 Å². The molecule has 0 aliphatic rings. The van der Waals surface area contributed by atoms with Crippen molar-refractivity contribution < 1.29 is 5.11 Å². The second-order valence-corrected chi connectivity index (χ2v) is 2.62. The Balaban J connectivity index is 2.95. The maximum absolute atomic E-state index is 10.8. The van der Waals surface area contributed by atoms with Crippen LogP contribution in [0.3, 0.4) is 0 Å². The smallest absolute Gasteiger partial charge is 0.0930 e. The van der Waals surface area contributed by atoms with Gasteiger partial charge in [0.2, 0.25) is 0 Å². The molecule has 1 nitrogen and oxygen atoms in total. The standard InChI is InChI=1S/C7H14ClO/c1-2-4-7(9)5-3-6-8/h7H,2-6H2,1H3. The first-order chi connectivity index (χ1) is 4.31. The minimum Gasteiger partial charge on any atom is -0.233 e. The van der Waals surface area contributed by atoms with E-state index in [-0.39, 0.29) is 6.10 Å². The SMILES string of the molecule is CCCC([O])CCCCl. The van der Waals surface area contributed by atoms with Gasteiger partial charge in [-0.05, 0) is 19.3 Å². The van der Waals surface area contributed by atoms with Crippen molar-refractivity contribution in [1.82, 2.24) is 0 Å². The summed E-state index contributed by atoms with van der Waals surface area (Å²) >= 11 is 5.41. The van der Waals surface area contributed by atoms with E-state index in [2.05, 4.69) is 0 Å². The summed E-state index contributed by atoms with van der Waals surface area (Å²) in [5.41, 5.74) is 0. The minimum absolute atomic E-state index is 0.367. The Labute approximate surface area is 62.0 Å². The second-order valence-electron chi connectivity index (χ2n) is 2.24. The average Bonchev–Trinajstić information content (AvgIpc) is 1.85. The van der Waals surface area contributed by atoms with Crippen LogP contribution in [-0.2, 0) is 5.11 Å². The molecule has 0 aliphatic heterocycles. The maximum Gasteiger partial charge on any atom is 0.0930 e. The molecular weight excluding hydrogens is 136 g/mol. The van der Waals surface area contributed by atoms with Crippen molar-refractivity contribution in [2.75, 3.05) is 5.88 Å². The molecule has 0 rings (SSSR count). The largest absolute Gasteiger partial charge is 0.233 e. The van der Waals surface area contributed by atoms with Gasteiger partial charge in [-0.3, -0.25) is 0 Å². The Bertz CT molecular complexity index is 56.9. The van der Waals surface area contributed by atoms with E-state index >= 15 is 0 Å². The highest BCUT2D eigenvalue weighted by Gasteiger charge is 2.02. The molecule has 1 atom stereocenters. The van der Waals surface area contributed by atoms with Crippen LogP contribution < -0.4 is 0 Å². The first-order valence-electron chi connectivity index (χ1n) is 3.53. The van der Waals surface area contributed by atoms with Gasteiger partial charge in [0.25, 0.3) is 0 Å². The van der Waals surface area contributed by atoms with Crippen molar-refractivity contribution in [3.8, 4) is 0 Å². The van der Waals surface area contributed by atoms with Crippen molar-refractivity contribution in [3.63, 3.8) is 0 Å². The number of rotatable bonds is 5. The fourth-order valence-electron chi connectivity index (χ4n) is 0.771. The van der Waals surface area contributed by atoms with Gasteiger partial charge in [0.15, 0.2) is 0 Å². The van der Waals surface area contributed by atoms with Gasteiger partial charge in [-0.25, -0.2) is 5.11 Å². The molecule has 2 heteroatoms. The fourth-order valence-corrected chi connectivity index (χ4v) is 0.925. The molecule has 1 unspecified atom stereocenters. The third-order valence-corrected chi connectivity index (χ3v) is 1.54. The van der Waals surface area contributed by atoms with Crippen LogP contribution >= 0.6 is 11.6 Å². The molecule has 0 aromatic rings. The van der Waals surface area contributed by atoms with Gasteiger partial charge >= 0.3 is 0 Å². The van der Waals surface area contributed by atoms with Crippen LogP contribution in [0.5, 0.6) is 0 Å². The van der Waals surface area contributed by atoms with Crippen molar-refractivity contribution in [1.29, 1.82) is 0 Å². The Kier molecular flexibility index (Phi) is 6.55. The molecule has 1 radical (unpaired) electrons. The summed E-state index contributed by atoms with van der Waals surface area (Å²) in [6.07, 6.45) is 3.05. The van der Waals surface area contributed by atoms with Gasteiger partial charge in [-0.15, -0.1) is 11.6 Å². The van der Waals surface area contributed by atoms with Gasteiger partial charge in [0, 0.05) is 5.88 Å². The van der Waals surface area contributed by atoms with Crippen LogP contribution in [0.2, 0.25) is 0 Å². The van der Waals surface area contributed by atoms with Gasteiger partial charge in [-0.2, -0.15) is 0 Å². The lowest BCUT2D eigenvalue weighted by Crippen LogP contribution is -2.03. The van der Waals surface area contributed by atoms with Crippen molar-refractivity contribution in [3.05, 3.63) is 0 Å². The second kappa shape index (κ2) is 6.37. The van der Waals surface area contributed by atoms with Gasteiger partial charge in [-0.1, -0.05) is 13.3 Å². The predicted molar refractivity (Wildman–Crippen MR) is 39.3 cm³/mol. The summed E-state index contributed by atoms with van der Waals surface area (Å²) in [5.74, 6) is 0.627. The summed E-state index contributed by atoms with van der Waals surface area (Å²) in [4.78, 5) is 0. The maximum atomic E-state index is 10.8. The van der Waals surface area contributed by atoms with Crippen LogP contribution in [-0.4, -0.2) is 12.0 Å². The van der Waals surface area contributed by atoms with E-state index in [4.69, 9.17) is 11.6 Å². The lowest BCUT2D eigenvalue weighted by atomic mass is 10.1. The lowest BCUT2D eigenvalue weighted by molar-refractivity contribution is 0.0726. The zero-order valence-corrected chi connectivity index (χ0v) is 6.66. The zero-order chi connectivity index (χ0) is 7.11. The van der Waals surface area contributed by atoms with E-state index in [1.807, 2.05) is 6.92 Å². The summed E-state index contributed by atoms with van der Waals surface area (Å²) in [6, 6.07) is 0. The van der Waals surface area contributed by atoms with Gasteiger partial charge < -0.3 is 0 Å². The number of halogens is 1.